The lowest BCUT2D eigenvalue weighted by Crippen LogP contribution is -2.41. The Hall–Kier alpha value is -1.78. The fourth-order valence-corrected chi connectivity index (χ4v) is 2.49. The molecule has 1 aromatic heterocycles. The second-order valence-corrected chi connectivity index (χ2v) is 5.85. The smallest absolute Gasteiger partial charge is 0.213 e. The number of nitrogens with zero attached hydrogens (tertiary/aromatic N) is 2. The minimum atomic E-state index is 0.136. The van der Waals surface area contributed by atoms with E-state index < -0.39 is 0 Å². The molecule has 0 atom stereocenters. The van der Waals surface area contributed by atoms with Crippen LogP contribution in [0.5, 0.6) is 5.88 Å². The molecule has 5 heteroatoms. The SMILES string of the molecule is CC(C)Oc1ccc(CN=C(N)NC2CCCCC2)cn1. The van der Waals surface area contributed by atoms with Gasteiger partial charge >= 0.3 is 0 Å². The van der Waals surface area contributed by atoms with Crippen molar-refractivity contribution >= 4 is 5.96 Å². The Morgan fingerprint density at radius 3 is 2.76 bits per heavy atom. The van der Waals surface area contributed by atoms with Gasteiger partial charge in [0.05, 0.1) is 12.6 Å². The standard InChI is InChI=1S/C16H26N4O/c1-12(2)21-15-9-8-13(10-18-15)11-19-16(17)20-14-6-4-3-5-7-14/h8-10,12,14H,3-7,11H2,1-2H3,(H3,17,19,20). The summed E-state index contributed by atoms with van der Waals surface area (Å²) in [4.78, 5) is 8.64. The van der Waals surface area contributed by atoms with Crippen molar-refractivity contribution < 1.29 is 4.74 Å². The Balaban J connectivity index is 1.81. The Morgan fingerprint density at radius 1 is 1.38 bits per heavy atom. The van der Waals surface area contributed by atoms with Gasteiger partial charge in [-0.25, -0.2) is 9.98 Å². The highest BCUT2D eigenvalue weighted by atomic mass is 16.5. The predicted octanol–water partition coefficient (Wildman–Crippen LogP) is 2.61. The Morgan fingerprint density at radius 2 is 2.14 bits per heavy atom. The van der Waals surface area contributed by atoms with Crippen molar-refractivity contribution in [3.8, 4) is 5.88 Å². The minimum absolute atomic E-state index is 0.136. The summed E-state index contributed by atoms with van der Waals surface area (Å²) in [6, 6.07) is 4.33. The van der Waals surface area contributed by atoms with E-state index in [0.717, 1.165) is 5.56 Å². The third-order valence-corrected chi connectivity index (χ3v) is 3.54. The lowest BCUT2D eigenvalue weighted by molar-refractivity contribution is 0.232. The molecule has 1 saturated carbocycles. The van der Waals surface area contributed by atoms with Crippen LogP contribution in [0.25, 0.3) is 0 Å². The summed E-state index contributed by atoms with van der Waals surface area (Å²) in [7, 11) is 0. The first-order chi connectivity index (χ1) is 10.1. The minimum Gasteiger partial charge on any atom is -0.475 e. The van der Waals surface area contributed by atoms with E-state index in [1.807, 2.05) is 26.0 Å². The number of hydrogen-bond donors (Lipinski definition) is 2. The van der Waals surface area contributed by atoms with Crippen LogP contribution in [0.4, 0.5) is 0 Å². The fourth-order valence-electron chi connectivity index (χ4n) is 2.49. The van der Waals surface area contributed by atoms with Crippen LogP contribution in [-0.4, -0.2) is 23.1 Å². The molecule has 2 rings (SSSR count). The van der Waals surface area contributed by atoms with E-state index in [1.165, 1.54) is 32.1 Å². The van der Waals surface area contributed by atoms with Crippen LogP contribution >= 0.6 is 0 Å². The summed E-state index contributed by atoms with van der Waals surface area (Å²) in [6.07, 6.45) is 8.22. The number of nitrogens with one attached hydrogen (secondary N) is 1. The number of hydrogen-bond acceptors (Lipinski definition) is 3. The van der Waals surface area contributed by atoms with Crippen molar-refractivity contribution in [3.63, 3.8) is 0 Å². The fraction of sp³-hybridized carbons (Fsp3) is 0.625. The van der Waals surface area contributed by atoms with Gasteiger partial charge in [0.1, 0.15) is 0 Å². The number of nitrogens with two attached hydrogens (primary N) is 1. The van der Waals surface area contributed by atoms with Crippen molar-refractivity contribution in [1.82, 2.24) is 10.3 Å². The van der Waals surface area contributed by atoms with Gasteiger partial charge in [0.25, 0.3) is 0 Å². The van der Waals surface area contributed by atoms with Crippen LogP contribution in [-0.2, 0) is 6.54 Å². The molecule has 1 aromatic rings. The van der Waals surface area contributed by atoms with E-state index in [2.05, 4.69) is 15.3 Å². The summed E-state index contributed by atoms with van der Waals surface area (Å²) in [5.74, 6) is 1.18. The largest absolute Gasteiger partial charge is 0.475 e. The van der Waals surface area contributed by atoms with Crippen molar-refractivity contribution in [2.75, 3.05) is 0 Å². The topological polar surface area (TPSA) is 72.5 Å². The van der Waals surface area contributed by atoms with Crippen LogP contribution in [0, 0.1) is 0 Å². The van der Waals surface area contributed by atoms with Crippen molar-refractivity contribution in [3.05, 3.63) is 23.9 Å². The van der Waals surface area contributed by atoms with Crippen molar-refractivity contribution in [2.45, 2.75) is 64.6 Å². The van der Waals surface area contributed by atoms with Crippen LogP contribution in [0.1, 0.15) is 51.5 Å². The Kier molecular flexibility index (Phi) is 5.84. The van der Waals surface area contributed by atoms with E-state index >= 15 is 0 Å². The summed E-state index contributed by atoms with van der Waals surface area (Å²) in [5.41, 5.74) is 6.97. The first-order valence-corrected chi connectivity index (χ1v) is 7.81. The van der Waals surface area contributed by atoms with Crippen LogP contribution in [0.15, 0.2) is 23.3 Å². The summed E-state index contributed by atoms with van der Waals surface area (Å²) < 4.78 is 5.51. The van der Waals surface area contributed by atoms with Gasteiger partial charge < -0.3 is 15.8 Å². The Bertz CT molecular complexity index is 450. The van der Waals surface area contributed by atoms with Gasteiger partial charge in [-0.05, 0) is 32.3 Å². The number of aromatic nitrogens is 1. The van der Waals surface area contributed by atoms with E-state index in [-0.39, 0.29) is 6.10 Å². The molecule has 1 heterocycles. The molecule has 5 nitrogen and oxygen atoms in total. The number of rotatable bonds is 5. The summed E-state index contributed by atoms with van der Waals surface area (Å²) >= 11 is 0. The highest BCUT2D eigenvalue weighted by Gasteiger charge is 2.13. The van der Waals surface area contributed by atoms with Gasteiger partial charge in [-0.2, -0.15) is 0 Å². The second-order valence-electron chi connectivity index (χ2n) is 5.85. The zero-order chi connectivity index (χ0) is 15.1. The molecule has 0 aliphatic heterocycles. The quantitative estimate of drug-likeness (QED) is 0.646. The number of ether oxygens (including phenoxy) is 1. The van der Waals surface area contributed by atoms with Gasteiger partial charge in [-0.3, -0.25) is 0 Å². The maximum atomic E-state index is 5.94. The first kappa shape index (κ1) is 15.6. The monoisotopic (exact) mass is 290 g/mol. The molecule has 0 spiro atoms. The lowest BCUT2D eigenvalue weighted by atomic mass is 9.96. The third kappa shape index (κ3) is 5.61. The highest BCUT2D eigenvalue weighted by Crippen LogP contribution is 2.17. The van der Waals surface area contributed by atoms with Gasteiger partial charge in [0.2, 0.25) is 5.88 Å². The van der Waals surface area contributed by atoms with Crippen molar-refractivity contribution in [1.29, 1.82) is 0 Å². The second kappa shape index (κ2) is 7.86. The average Bonchev–Trinajstić information content (AvgIpc) is 2.47. The number of aliphatic imine (C=N–C) groups is 1. The zero-order valence-corrected chi connectivity index (χ0v) is 13.0. The first-order valence-electron chi connectivity index (χ1n) is 7.81. The molecular weight excluding hydrogens is 264 g/mol. The molecule has 0 radical (unpaired) electrons. The molecule has 0 amide bonds. The predicted molar refractivity (Wildman–Crippen MR) is 85.3 cm³/mol. The average molecular weight is 290 g/mol. The normalized spacial score (nSPS) is 17.0. The lowest BCUT2D eigenvalue weighted by Gasteiger charge is -2.23. The molecular formula is C16H26N4O. The van der Waals surface area contributed by atoms with E-state index in [1.54, 1.807) is 6.20 Å². The molecule has 0 aromatic carbocycles. The molecule has 3 N–H and O–H groups in total. The maximum absolute atomic E-state index is 5.94. The van der Waals surface area contributed by atoms with E-state index in [9.17, 15) is 0 Å². The maximum Gasteiger partial charge on any atom is 0.213 e. The van der Waals surface area contributed by atoms with Crippen LogP contribution < -0.4 is 15.8 Å². The number of pyridine rings is 1. The van der Waals surface area contributed by atoms with Crippen LogP contribution in [0.3, 0.4) is 0 Å². The molecule has 1 fully saturated rings. The van der Waals surface area contributed by atoms with E-state index in [0.29, 0.717) is 24.4 Å². The Labute approximate surface area is 127 Å². The number of guanidine groups is 1. The molecule has 0 unspecified atom stereocenters. The van der Waals surface area contributed by atoms with Crippen molar-refractivity contribution in [2.24, 2.45) is 10.7 Å². The molecule has 0 bridgehead atoms. The van der Waals surface area contributed by atoms with Gasteiger partial charge in [0, 0.05) is 18.3 Å². The van der Waals surface area contributed by atoms with E-state index in [4.69, 9.17) is 10.5 Å². The third-order valence-electron chi connectivity index (χ3n) is 3.54. The molecule has 1 aliphatic carbocycles. The van der Waals surface area contributed by atoms with Gasteiger partial charge in [-0.15, -0.1) is 0 Å². The van der Waals surface area contributed by atoms with Crippen LogP contribution in [0.2, 0.25) is 0 Å². The molecule has 21 heavy (non-hydrogen) atoms. The van der Waals surface area contributed by atoms with Gasteiger partial charge in [0.15, 0.2) is 5.96 Å². The molecule has 0 saturated heterocycles. The summed E-state index contributed by atoms with van der Waals surface area (Å²) in [5, 5.41) is 3.31. The zero-order valence-electron chi connectivity index (χ0n) is 13.0. The molecule has 1 aliphatic rings. The van der Waals surface area contributed by atoms with Gasteiger partial charge in [-0.1, -0.05) is 25.3 Å². The highest BCUT2D eigenvalue weighted by molar-refractivity contribution is 5.78. The molecule has 116 valence electrons. The summed E-state index contributed by atoms with van der Waals surface area (Å²) in [6.45, 7) is 4.51.